The van der Waals surface area contributed by atoms with Crippen LogP contribution in [0.4, 0.5) is 9.18 Å². The highest BCUT2D eigenvalue weighted by molar-refractivity contribution is 5.68. The number of rotatable bonds is 8. The molecule has 0 aliphatic carbocycles. The normalized spacial score (nSPS) is 17.4. The van der Waals surface area contributed by atoms with Crippen LogP contribution in [0.5, 0.6) is 5.75 Å². The van der Waals surface area contributed by atoms with E-state index in [4.69, 9.17) is 9.47 Å². The van der Waals surface area contributed by atoms with Gasteiger partial charge in [0.1, 0.15) is 18.2 Å². The smallest absolute Gasteiger partial charge is 0.410 e. The number of ether oxygens (including phenoxy) is 2. The second kappa shape index (κ2) is 10.2. The molecule has 0 saturated carbocycles. The molecule has 1 aliphatic rings. The van der Waals surface area contributed by atoms with Gasteiger partial charge in [-0.2, -0.15) is 0 Å². The summed E-state index contributed by atoms with van der Waals surface area (Å²) >= 11 is 0. The number of unbranched alkanes of at least 4 members (excludes halogenated alkanes) is 2. The molecule has 140 valence electrons. The van der Waals surface area contributed by atoms with E-state index in [-0.39, 0.29) is 24.6 Å². The highest BCUT2D eigenvalue weighted by atomic mass is 19.1. The first-order valence-corrected chi connectivity index (χ1v) is 9.21. The second-order valence-electron chi connectivity index (χ2n) is 6.32. The molecule has 5 nitrogen and oxygen atoms in total. The van der Waals surface area contributed by atoms with Gasteiger partial charge in [0.25, 0.3) is 0 Å². The van der Waals surface area contributed by atoms with E-state index in [0.717, 1.165) is 38.8 Å². The minimum Gasteiger partial charge on any atom is -0.494 e. The maximum Gasteiger partial charge on any atom is 0.410 e. The van der Waals surface area contributed by atoms with Crippen molar-refractivity contribution in [3.63, 3.8) is 0 Å². The van der Waals surface area contributed by atoms with Gasteiger partial charge in [0.2, 0.25) is 0 Å². The third kappa shape index (κ3) is 5.88. The molecular weight excluding hydrogens is 323 g/mol. The van der Waals surface area contributed by atoms with Crippen molar-refractivity contribution < 1.29 is 18.7 Å². The van der Waals surface area contributed by atoms with Crippen molar-refractivity contribution in [1.29, 1.82) is 0 Å². The van der Waals surface area contributed by atoms with Crippen LogP contribution in [0, 0.1) is 5.82 Å². The van der Waals surface area contributed by atoms with Gasteiger partial charge in [0.15, 0.2) is 0 Å². The molecular formula is C19H29FN2O3. The summed E-state index contributed by atoms with van der Waals surface area (Å²) in [4.78, 5) is 14.0. The van der Waals surface area contributed by atoms with Crippen molar-refractivity contribution in [2.75, 3.05) is 26.2 Å². The van der Waals surface area contributed by atoms with Crippen LogP contribution in [0.2, 0.25) is 0 Å². The molecule has 1 N–H and O–H groups in total. The van der Waals surface area contributed by atoms with Crippen LogP contribution in [0.1, 0.15) is 45.1 Å². The Hall–Kier alpha value is -1.82. The Bertz CT molecular complexity index is 553. The van der Waals surface area contributed by atoms with Gasteiger partial charge in [-0.1, -0.05) is 26.7 Å². The molecule has 1 aromatic carbocycles. The highest BCUT2D eigenvalue weighted by Gasteiger charge is 2.26. The van der Waals surface area contributed by atoms with Crippen LogP contribution in [0.15, 0.2) is 18.2 Å². The molecule has 1 saturated heterocycles. The van der Waals surface area contributed by atoms with E-state index in [0.29, 0.717) is 24.5 Å². The fraction of sp³-hybridized carbons (Fsp3) is 0.632. The van der Waals surface area contributed by atoms with Crippen molar-refractivity contribution in [3.8, 4) is 5.75 Å². The van der Waals surface area contributed by atoms with Crippen molar-refractivity contribution in [2.24, 2.45) is 0 Å². The zero-order chi connectivity index (χ0) is 18.1. The number of amides is 1. The zero-order valence-corrected chi connectivity index (χ0v) is 15.2. The summed E-state index contributed by atoms with van der Waals surface area (Å²) < 4.78 is 25.0. The number of halogens is 1. The van der Waals surface area contributed by atoms with E-state index in [1.165, 1.54) is 6.07 Å². The summed E-state index contributed by atoms with van der Waals surface area (Å²) in [6.45, 7) is 6.82. The first kappa shape index (κ1) is 19.5. The Morgan fingerprint density at radius 3 is 2.96 bits per heavy atom. The summed E-state index contributed by atoms with van der Waals surface area (Å²) in [6.07, 6.45) is 3.67. The average Bonchev–Trinajstić information content (AvgIpc) is 2.65. The Labute approximate surface area is 149 Å². The molecule has 1 fully saturated rings. The predicted octanol–water partition coefficient (Wildman–Crippen LogP) is 3.72. The number of hydrogen-bond acceptors (Lipinski definition) is 4. The van der Waals surface area contributed by atoms with Crippen LogP contribution in [-0.4, -0.2) is 43.3 Å². The lowest BCUT2D eigenvalue weighted by atomic mass is 10.1. The van der Waals surface area contributed by atoms with Gasteiger partial charge in [-0.15, -0.1) is 0 Å². The lowest BCUT2D eigenvalue weighted by Gasteiger charge is -2.34. The van der Waals surface area contributed by atoms with E-state index >= 15 is 0 Å². The van der Waals surface area contributed by atoms with Gasteiger partial charge in [0.05, 0.1) is 6.61 Å². The topological polar surface area (TPSA) is 50.8 Å². The van der Waals surface area contributed by atoms with E-state index in [2.05, 4.69) is 12.2 Å². The van der Waals surface area contributed by atoms with Gasteiger partial charge in [-0.25, -0.2) is 9.18 Å². The number of hydrogen-bond donors (Lipinski definition) is 1. The standard InChI is InChI=1S/C19H29FN2O3/c1-3-5-6-11-24-17-7-8-18(20)15(12-17)14-25-19(23)22-10-9-21-13-16(22)4-2/h7-8,12,16,21H,3-6,9-11,13-14H2,1-2H3/t16-/m1/s1. The molecule has 1 atom stereocenters. The van der Waals surface area contributed by atoms with Crippen molar-refractivity contribution >= 4 is 6.09 Å². The molecule has 2 rings (SSSR count). The molecule has 25 heavy (non-hydrogen) atoms. The quantitative estimate of drug-likeness (QED) is 0.725. The maximum absolute atomic E-state index is 14.0. The minimum atomic E-state index is -0.388. The maximum atomic E-state index is 14.0. The lowest BCUT2D eigenvalue weighted by Crippen LogP contribution is -2.53. The molecule has 1 aromatic rings. The first-order valence-electron chi connectivity index (χ1n) is 9.21. The third-order valence-corrected chi connectivity index (χ3v) is 4.44. The Balaban J connectivity index is 1.89. The molecule has 0 spiro atoms. The largest absolute Gasteiger partial charge is 0.494 e. The summed E-state index contributed by atoms with van der Waals surface area (Å²) in [5.74, 6) is 0.221. The Morgan fingerprint density at radius 2 is 2.20 bits per heavy atom. The summed E-state index contributed by atoms with van der Waals surface area (Å²) in [7, 11) is 0. The van der Waals surface area contributed by atoms with E-state index in [9.17, 15) is 9.18 Å². The summed E-state index contributed by atoms with van der Waals surface area (Å²) in [5, 5.41) is 3.26. The van der Waals surface area contributed by atoms with Gasteiger partial charge in [-0.3, -0.25) is 0 Å². The van der Waals surface area contributed by atoms with Crippen molar-refractivity contribution in [1.82, 2.24) is 10.2 Å². The van der Waals surface area contributed by atoms with Gasteiger partial charge >= 0.3 is 6.09 Å². The van der Waals surface area contributed by atoms with Gasteiger partial charge in [-0.05, 0) is 31.0 Å². The van der Waals surface area contributed by atoms with E-state index in [1.54, 1.807) is 17.0 Å². The molecule has 1 heterocycles. The number of carbonyl (C=O) groups excluding carboxylic acids is 1. The number of carbonyl (C=O) groups is 1. The SMILES string of the molecule is CCCCCOc1ccc(F)c(COC(=O)N2CCNC[C@H]2CC)c1. The monoisotopic (exact) mass is 352 g/mol. The molecule has 0 unspecified atom stereocenters. The summed E-state index contributed by atoms with van der Waals surface area (Å²) in [5.41, 5.74) is 0.338. The second-order valence-corrected chi connectivity index (χ2v) is 6.32. The van der Waals surface area contributed by atoms with Crippen molar-refractivity contribution in [2.45, 2.75) is 52.2 Å². The van der Waals surface area contributed by atoms with Crippen LogP contribution >= 0.6 is 0 Å². The fourth-order valence-electron chi connectivity index (χ4n) is 2.88. The minimum absolute atomic E-state index is 0.0861. The van der Waals surface area contributed by atoms with Gasteiger partial charge in [0, 0.05) is 31.2 Å². The Kier molecular flexibility index (Phi) is 7.98. The molecule has 0 aromatic heterocycles. The average molecular weight is 352 g/mol. The van der Waals surface area contributed by atoms with Crippen LogP contribution < -0.4 is 10.1 Å². The number of nitrogens with one attached hydrogen (secondary N) is 1. The van der Waals surface area contributed by atoms with Crippen molar-refractivity contribution in [3.05, 3.63) is 29.6 Å². The first-order chi connectivity index (χ1) is 12.2. The highest BCUT2D eigenvalue weighted by Crippen LogP contribution is 2.19. The van der Waals surface area contributed by atoms with Crippen LogP contribution in [0.25, 0.3) is 0 Å². The molecule has 0 bridgehead atoms. The van der Waals surface area contributed by atoms with Crippen LogP contribution in [0.3, 0.4) is 0 Å². The molecule has 1 amide bonds. The number of benzene rings is 1. The number of piperazine rings is 1. The molecule has 0 radical (unpaired) electrons. The summed E-state index contributed by atoms with van der Waals surface area (Å²) in [6, 6.07) is 4.71. The molecule has 1 aliphatic heterocycles. The Morgan fingerprint density at radius 1 is 1.36 bits per heavy atom. The lowest BCUT2D eigenvalue weighted by molar-refractivity contribution is 0.0706. The van der Waals surface area contributed by atoms with Gasteiger partial charge < -0.3 is 19.7 Å². The third-order valence-electron chi connectivity index (χ3n) is 4.44. The zero-order valence-electron chi connectivity index (χ0n) is 15.2. The van der Waals surface area contributed by atoms with E-state index < -0.39 is 0 Å². The number of nitrogens with zero attached hydrogens (tertiary/aromatic N) is 1. The fourth-order valence-corrected chi connectivity index (χ4v) is 2.88. The predicted molar refractivity (Wildman–Crippen MR) is 95.3 cm³/mol. The molecule has 6 heteroatoms. The van der Waals surface area contributed by atoms with E-state index in [1.807, 2.05) is 6.92 Å². The van der Waals surface area contributed by atoms with Crippen LogP contribution in [-0.2, 0) is 11.3 Å².